The molecule has 0 saturated carbocycles. The molecule has 222 valence electrons. The minimum absolute atomic E-state index is 0.0727. The van der Waals surface area contributed by atoms with Gasteiger partial charge in [-0.25, -0.2) is 0 Å². The summed E-state index contributed by atoms with van der Waals surface area (Å²) in [5.41, 5.74) is -1.67. The fraction of sp³-hybridized carbons (Fsp3) is 0.448. The zero-order chi connectivity index (χ0) is 29.8. The van der Waals surface area contributed by atoms with Crippen molar-refractivity contribution in [3.05, 3.63) is 70.9 Å². The van der Waals surface area contributed by atoms with Crippen LogP contribution in [0.3, 0.4) is 0 Å². The molecule has 1 aliphatic heterocycles. The maximum absolute atomic E-state index is 13.6. The lowest BCUT2D eigenvalue weighted by Gasteiger charge is -2.33. The summed E-state index contributed by atoms with van der Waals surface area (Å²) in [7, 11) is 0. The van der Waals surface area contributed by atoms with Crippen LogP contribution >= 0.6 is 0 Å². The molecule has 3 aromatic rings. The van der Waals surface area contributed by atoms with E-state index in [1.165, 1.54) is 0 Å². The molecule has 6 nitrogen and oxygen atoms in total. The van der Waals surface area contributed by atoms with E-state index in [1.807, 2.05) is 29.2 Å². The number of aryl methyl sites for hydroxylation is 1. The summed E-state index contributed by atoms with van der Waals surface area (Å²) in [5.74, 6) is -0.883. The van der Waals surface area contributed by atoms with Crippen LogP contribution in [0.4, 0.5) is 26.3 Å². The highest BCUT2D eigenvalue weighted by atomic mass is 19.4. The highest BCUT2D eigenvalue weighted by Crippen LogP contribution is 2.37. The highest BCUT2D eigenvalue weighted by Gasteiger charge is 2.38. The number of carbonyl (C=O) groups is 2. The average Bonchev–Trinajstić information content (AvgIpc) is 3.33. The van der Waals surface area contributed by atoms with E-state index in [2.05, 4.69) is 22.1 Å². The van der Waals surface area contributed by atoms with Crippen molar-refractivity contribution in [2.45, 2.75) is 44.6 Å². The first-order valence-corrected chi connectivity index (χ1v) is 13.4. The van der Waals surface area contributed by atoms with Crippen LogP contribution in [0.2, 0.25) is 0 Å². The SMILES string of the molecule is CCN1CCN(CC(=O)N[C@@H](Cc2c[nH]c3ccccc23)C(=O)CCc2ccc(C(F)(F)F)cc2C(F)(F)F)CC1. The lowest BCUT2D eigenvalue weighted by Crippen LogP contribution is -2.51. The lowest BCUT2D eigenvalue weighted by atomic mass is 9.94. The van der Waals surface area contributed by atoms with Gasteiger partial charge in [0.2, 0.25) is 5.91 Å². The van der Waals surface area contributed by atoms with Gasteiger partial charge in [-0.2, -0.15) is 26.3 Å². The Morgan fingerprint density at radius 3 is 2.27 bits per heavy atom. The van der Waals surface area contributed by atoms with E-state index in [4.69, 9.17) is 0 Å². The van der Waals surface area contributed by atoms with Crippen LogP contribution in [0.1, 0.15) is 35.6 Å². The molecule has 1 aromatic heterocycles. The molecule has 2 heterocycles. The van der Waals surface area contributed by atoms with Crippen LogP contribution in [0, 0.1) is 0 Å². The Balaban J connectivity index is 1.51. The number of nitrogens with zero attached hydrogens (tertiary/aromatic N) is 2. The molecule has 1 aliphatic rings. The van der Waals surface area contributed by atoms with E-state index in [1.54, 1.807) is 6.20 Å². The second kappa shape index (κ2) is 12.6. The maximum Gasteiger partial charge on any atom is 0.416 e. The largest absolute Gasteiger partial charge is 0.416 e. The monoisotopic (exact) mass is 582 g/mol. The van der Waals surface area contributed by atoms with Crippen molar-refractivity contribution < 1.29 is 35.9 Å². The van der Waals surface area contributed by atoms with Crippen molar-refractivity contribution >= 4 is 22.6 Å². The summed E-state index contributed by atoms with van der Waals surface area (Å²) in [6, 6.07) is 7.77. The van der Waals surface area contributed by atoms with E-state index in [0.717, 1.165) is 42.2 Å². The summed E-state index contributed by atoms with van der Waals surface area (Å²) >= 11 is 0. The molecule has 0 radical (unpaired) electrons. The first kappa shape index (κ1) is 30.6. The van der Waals surface area contributed by atoms with Crippen molar-refractivity contribution in [1.29, 1.82) is 0 Å². The third-order valence-corrected chi connectivity index (χ3v) is 7.49. The Kier molecular flexibility index (Phi) is 9.43. The quantitative estimate of drug-likeness (QED) is 0.328. The second-order valence-corrected chi connectivity index (χ2v) is 10.2. The van der Waals surface area contributed by atoms with E-state index in [-0.39, 0.29) is 24.9 Å². The van der Waals surface area contributed by atoms with Gasteiger partial charge >= 0.3 is 12.4 Å². The summed E-state index contributed by atoms with van der Waals surface area (Å²) < 4.78 is 80.0. The number of likely N-dealkylation sites (N-methyl/N-ethyl adjacent to an activating group) is 1. The summed E-state index contributed by atoms with van der Waals surface area (Å²) in [6.07, 6.45) is -8.96. The number of piperazine rings is 1. The zero-order valence-electron chi connectivity index (χ0n) is 22.5. The van der Waals surface area contributed by atoms with Crippen LogP contribution in [0.25, 0.3) is 10.9 Å². The van der Waals surface area contributed by atoms with Gasteiger partial charge < -0.3 is 15.2 Å². The number of aromatic nitrogens is 1. The summed E-state index contributed by atoms with van der Waals surface area (Å²) in [6.45, 7) is 6.06. The van der Waals surface area contributed by atoms with Gasteiger partial charge in [-0.05, 0) is 42.3 Å². The van der Waals surface area contributed by atoms with Gasteiger partial charge in [-0.15, -0.1) is 0 Å². The van der Waals surface area contributed by atoms with Crippen molar-refractivity contribution in [3.8, 4) is 0 Å². The van der Waals surface area contributed by atoms with E-state index < -0.39 is 53.7 Å². The first-order valence-electron chi connectivity index (χ1n) is 13.4. The number of carbonyl (C=O) groups excluding carboxylic acids is 2. The average molecular weight is 583 g/mol. The van der Waals surface area contributed by atoms with Gasteiger partial charge in [0.1, 0.15) is 0 Å². The molecule has 2 N–H and O–H groups in total. The van der Waals surface area contributed by atoms with Crippen LogP contribution < -0.4 is 5.32 Å². The normalized spacial score (nSPS) is 16.2. The summed E-state index contributed by atoms with van der Waals surface area (Å²) in [4.78, 5) is 33.7. The number of Topliss-reactive ketones (excluding diaryl/α,β-unsaturated/α-hetero) is 1. The van der Waals surface area contributed by atoms with Gasteiger partial charge in [0, 0.05) is 56.1 Å². The number of para-hydroxylation sites is 1. The van der Waals surface area contributed by atoms with Crippen LogP contribution in [-0.2, 0) is 34.8 Å². The Hall–Kier alpha value is -3.38. The minimum Gasteiger partial charge on any atom is -0.361 e. The molecule has 41 heavy (non-hydrogen) atoms. The van der Waals surface area contributed by atoms with Gasteiger partial charge in [0.25, 0.3) is 0 Å². The van der Waals surface area contributed by atoms with Crippen LogP contribution in [0.5, 0.6) is 0 Å². The highest BCUT2D eigenvalue weighted by molar-refractivity contribution is 5.91. The molecule has 0 unspecified atom stereocenters. The number of fused-ring (bicyclic) bond motifs is 1. The van der Waals surface area contributed by atoms with E-state index in [0.29, 0.717) is 19.2 Å². The van der Waals surface area contributed by atoms with Crippen molar-refractivity contribution in [2.75, 3.05) is 39.3 Å². The predicted octanol–water partition coefficient (Wildman–Crippen LogP) is 5.07. The molecular weight excluding hydrogens is 550 g/mol. The molecule has 0 aliphatic carbocycles. The van der Waals surface area contributed by atoms with Crippen molar-refractivity contribution in [1.82, 2.24) is 20.1 Å². The predicted molar refractivity (Wildman–Crippen MR) is 142 cm³/mol. The van der Waals surface area contributed by atoms with E-state index >= 15 is 0 Å². The molecule has 0 spiro atoms. The number of nitrogens with one attached hydrogen (secondary N) is 2. The smallest absolute Gasteiger partial charge is 0.361 e. The number of benzene rings is 2. The lowest BCUT2D eigenvalue weighted by molar-refractivity contribution is -0.143. The molecule has 1 fully saturated rings. The fourth-order valence-electron chi connectivity index (χ4n) is 5.14. The fourth-order valence-corrected chi connectivity index (χ4v) is 5.14. The molecule has 1 atom stereocenters. The number of amides is 1. The molecule has 12 heteroatoms. The molecule has 2 aromatic carbocycles. The number of rotatable bonds is 10. The van der Waals surface area contributed by atoms with E-state index in [9.17, 15) is 35.9 Å². The Morgan fingerprint density at radius 1 is 0.927 bits per heavy atom. The number of alkyl halides is 6. The number of hydrogen-bond donors (Lipinski definition) is 2. The Labute approximate surface area is 233 Å². The van der Waals surface area contributed by atoms with Gasteiger partial charge in [0.15, 0.2) is 5.78 Å². The second-order valence-electron chi connectivity index (χ2n) is 10.2. The standard InChI is InChI=1S/C29H32F6N4O2/c1-2-38-11-13-39(14-12-38)18-27(41)37-25(15-20-17-36-24-6-4-3-5-22(20)24)26(40)10-8-19-7-9-21(28(30,31)32)16-23(19)29(33,34)35/h3-7,9,16-17,25,36H,2,8,10-15,18H2,1H3,(H,37,41)/t25-/m0/s1. The van der Waals surface area contributed by atoms with Crippen molar-refractivity contribution in [3.63, 3.8) is 0 Å². The zero-order valence-corrected chi connectivity index (χ0v) is 22.5. The Bertz CT molecular complexity index is 1360. The number of aromatic amines is 1. The third kappa shape index (κ3) is 7.88. The minimum atomic E-state index is -5.03. The van der Waals surface area contributed by atoms with Crippen molar-refractivity contribution in [2.24, 2.45) is 0 Å². The third-order valence-electron chi connectivity index (χ3n) is 7.49. The molecule has 1 amide bonds. The number of hydrogen-bond acceptors (Lipinski definition) is 4. The summed E-state index contributed by atoms with van der Waals surface area (Å²) in [5, 5.41) is 3.62. The van der Waals surface area contributed by atoms with Crippen LogP contribution in [0.15, 0.2) is 48.7 Å². The number of ketones is 1. The molecule has 4 rings (SSSR count). The number of halogens is 6. The first-order chi connectivity index (χ1) is 19.3. The Morgan fingerprint density at radius 2 is 1.61 bits per heavy atom. The topological polar surface area (TPSA) is 68.4 Å². The van der Waals surface area contributed by atoms with Gasteiger partial charge in [0.05, 0.1) is 23.7 Å². The van der Waals surface area contributed by atoms with Crippen LogP contribution in [-0.4, -0.2) is 71.8 Å². The molecular formula is C29H32F6N4O2. The number of H-pyrrole nitrogens is 1. The van der Waals surface area contributed by atoms with Gasteiger partial charge in [-0.1, -0.05) is 31.2 Å². The van der Waals surface area contributed by atoms with Gasteiger partial charge in [-0.3, -0.25) is 14.5 Å². The molecule has 1 saturated heterocycles. The maximum atomic E-state index is 13.6. The molecule has 0 bridgehead atoms.